The van der Waals surface area contributed by atoms with Gasteiger partial charge in [0.05, 0.1) is 189 Å². The highest BCUT2D eigenvalue weighted by atomic mass is 31.2. The van der Waals surface area contributed by atoms with Crippen LogP contribution >= 0.6 is 7.57 Å². The predicted molar refractivity (Wildman–Crippen MR) is 455 cm³/mol. The lowest BCUT2D eigenvalue weighted by Crippen LogP contribution is -2.48. The molecule has 16 unspecified atom stereocenters. The van der Waals surface area contributed by atoms with Crippen molar-refractivity contribution >= 4 is 54.9 Å². The average molecular weight is 1780 g/mol. The van der Waals surface area contributed by atoms with Crippen LogP contribution in [0.5, 0.6) is 0 Å². The second-order valence-electron chi connectivity index (χ2n) is 32.8. The molecule has 1 N–H and O–H groups in total. The summed E-state index contributed by atoms with van der Waals surface area (Å²) < 4.78 is 135. The van der Waals surface area contributed by atoms with E-state index in [0.717, 1.165) is 25.0 Å². The van der Waals surface area contributed by atoms with Gasteiger partial charge in [-0.05, 0) is 93.2 Å². The first-order chi connectivity index (χ1) is 59.1. The van der Waals surface area contributed by atoms with Crippen molar-refractivity contribution in [1.29, 1.82) is 0 Å². The molecule has 34 nitrogen and oxygen atoms in total. The van der Waals surface area contributed by atoms with Gasteiger partial charge in [-0.25, -0.2) is 0 Å². The van der Waals surface area contributed by atoms with E-state index in [1.54, 1.807) is 4.68 Å². The van der Waals surface area contributed by atoms with Crippen LogP contribution in [0, 0.1) is 58.7 Å². The molecule has 3 aliphatic heterocycles. The van der Waals surface area contributed by atoms with E-state index < -0.39 is 31.9 Å². The molecule has 0 bridgehead atoms. The van der Waals surface area contributed by atoms with Gasteiger partial charge in [-0.1, -0.05) is 73.9 Å². The summed E-state index contributed by atoms with van der Waals surface area (Å²) in [5, 5.41) is 8.61. The summed E-state index contributed by atoms with van der Waals surface area (Å²) in [4.78, 5) is 98.2. The zero-order valence-corrected chi connectivity index (χ0v) is 77.5. The second-order valence-corrected chi connectivity index (χ2v) is 34.7. The molecule has 3 saturated heterocycles. The number of hydrogen-bond acceptors (Lipinski definition) is 33. The third-order valence-corrected chi connectivity index (χ3v) is 24.2. The molecule has 0 aliphatic carbocycles. The van der Waals surface area contributed by atoms with Gasteiger partial charge in [0, 0.05) is 135 Å². The van der Waals surface area contributed by atoms with E-state index in [-0.39, 0.29) is 206 Å². The fourth-order valence-corrected chi connectivity index (χ4v) is 14.7. The molecule has 16 atom stereocenters. The summed E-state index contributed by atoms with van der Waals surface area (Å²) in [6, 6.07) is 0. The fraction of sp³-hybridized carbons (Fsp3) is 0.886. The number of nitrogens with zero attached hydrogens (tertiary/aromatic N) is 3. The minimum Gasteiger partial charge on any atom is -0.463 e. The standard InChI is InChI=1S/C88H156N3O31P/c1-65-68(4)82(59-116-74(10)92)120-85(71(65)7)113-54-51-107-48-45-104-42-39-101-32-20-25-78(95)28-36-110-62-88(57-81(98)24-16-15-18-31-91-58-77(89-90-91)23-17-19-35-119-123(14,99)100-13,63-111-37-29-79(96)26-21-33-102-40-43-105-46-49-108-52-55-114-86-72(8)66(2)69(5)83(121-86)60-117-75(11)93)64-112-38-30-80(97)27-22-34-103-41-44-106-47-50-109-53-56-115-87-73(9)67(3)70(6)84(122-87)61-118-76(12)94/h58,65-73,82-87,99H,14-57,59-64H2,1-13H3. The topological polar surface area (TPSA) is 383 Å². The van der Waals surface area contributed by atoms with Crippen LogP contribution in [0.15, 0.2) is 6.20 Å². The fourth-order valence-electron chi connectivity index (χ4n) is 14.2. The summed E-state index contributed by atoms with van der Waals surface area (Å²) in [6.07, 6.45) is 10.6. The molecule has 0 saturated carbocycles. The van der Waals surface area contributed by atoms with Gasteiger partial charge in [-0.2, -0.15) is 0 Å². The number of unbranched alkanes of at least 4 members (excludes halogenated alkanes) is 3. The molecule has 3 aliphatic rings. The maximum absolute atomic E-state index is 14.2. The van der Waals surface area contributed by atoms with Crippen molar-refractivity contribution in [2.45, 2.75) is 236 Å². The molecule has 4 heterocycles. The predicted octanol–water partition coefficient (Wildman–Crippen LogP) is 10.0. The van der Waals surface area contributed by atoms with Gasteiger partial charge in [0.25, 0.3) is 0 Å². The Kier molecular flexibility index (Phi) is 60.4. The summed E-state index contributed by atoms with van der Waals surface area (Å²) in [7, 11) is -1.68. The SMILES string of the molecule is C=P(O)(OC)OCCCCc1cn(CCCCCC(=O)CC(COCCC(=O)CCCOCCOCCOCCOC2OC(COC(C)=O)C(C)C(C)C2C)(COCCC(=O)CCCOCCOCCOCCOC2OC(COC(C)=O)C(C)C(C)C2C)COCCC(=O)CCCOCCOCCOCCOC2OC(COC(C)=O)C(C)C(C)C2C)nn1. The lowest BCUT2D eigenvalue weighted by molar-refractivity contribution is -0.258. The molecule has 1 aromatic rings. The highest BCUT2D eigenvalue weighted by Gasteiger charge is 2.43. The highest BCUT2D eigenvalue weighted by Crippen LogP contribution is 2.42. The first-order valence-corrected chi connectivity index (χ1v) is 46.7. The zero-order chi connectivity index (χ0) is 89.9. The van der Waals surface area contributed by atoms with Crippen molar-refractivity contribution in [1.82, 2.24) is 15.0 Å². The average Bonchev–Trinajstić information content (AvgIpc) is 1.52. The van der Waals surface area contributed by atoms with Crippen LogP contribution in [-0.2, 0) is 155 Å². The Morgan fingerprint density at radius 1 is 0.382 bits per heavy atom. The lowest BCUT2D eigenvalue weighted by atomic mass is 9.79. The Balaban J connectivity index is 1.24. The number of aryl methyl sites for hydroxylation is 2. The normalized spacial score (nSPS) is 23.9. The Morgan fingerprint density at radius 3 is 1.04 bits per heavy atom. The van der Waals surface area contributed by atoms with Crippen LogP contribution in [-0.4, -0.2) is 316 Å². The van der Waals surface area contributed by atoms with E-state index in [0.29, 0.717) is 208 Å². The van der Waals surface area contributed by atoms with Crippen LogP contribution in [0.3, 0.4) is 0 Å². The molecule has 0 spiro atoms. The molecular weight excluding hydrogens is 1630 g/mol. The Hall–Kier alpha value is -4.31. The third-order valence-electron chi connectivity index (χ3n) is 23.0. The monoisotopic (exact) mass is 1780 g/mol. The first-order valence-electron chi connectivity index (χ1n) is 44.9. The van der Waals surface area contributed by atoms with E-state index in [9.17, 15) is 38.5 Å². The molecule has 1 aromatic heterocycles. The van der Waals surface area contributed by atoms with E-state index in [1.165, 1.54) is 27.9 Å². The molecule has 4 rings (SSSR count). The van der Waals surface area contributed by atoms with Crippen molar-refractivity contribution in [3.63, 3.8) is 0 Å². The summed E-state index contributed by atoms with van der Waals surface area (Å²) in [6.45, 7) is 32.3. The largest absolute Gasteiger partial charge is 0.463 e. The number of carbonyl (C=O) groups is 7. The van der Waals surface area contributed by atoms with Crippen molar-refractivity contribution in [3.05, 3.63) is 11.9 Å². The third kappa shape index (κ3) is 50.5. The molecule has 35 heteroatoms. The van der Waals surface area contributed by atoms with Crippen molar-refractivity contribution in [3.8, 4) is 0 Å². The van der Waals surface area contributed by atoms with E-state index in [1.807, 2.05) is 6.20 Å². The zero-order valence-electron chi connectivity index (χ0n) is 76.6. The Bertz CT molecular complexity index is 2800. The number of ketones is 4. The minimum atomic E-state index is -3.04. The molecule has 0 amide bonds. The molecule has 0 aromatic carbocycles. The maximum Gasteiger partial charge on any atom is 0.302 e. The number of hydrogen-bond donors (Lipinski definition) is 1. The van der Waals surface area contributed by atoms with Crippen LogP contribution in [0.25, 0.3) is 0 Å². The summed E-state index contributed by atoms with van der Waals surface area (Å²) in [5.74, 6) is 0.878. The molecule has 0 radical (unpaired) electrons. The Labute approximate surface area is 732 Å². The van der Waals surface area contributed by atoms with Gasteiger partial charge >= 0.3 is 17.9 Å². The number of rotatable bonds is 78. The molecule has 714 valence electrons. The smallest absolute Gasteiger partial charge is 0.302 e. The Morgan fingerprint density at radius 2 is 0.707 bits per heavy atom. The van der Waals surface area contributed by atoms with Crippen LogP contribution in [0.2, 0.25) is 0 Å². The summed E-state index contributed by atoms with van der Waals surface area (Å²) in [5.41, 5.74) is -0.205. The number of carbonyl (C=O) groups excluding carboxylic acids is 7. The lowest BCUT2D eigenvalue weighted by Gasteiger charge is -2.43. The number of Topliss-reactive ketones (excluding diaryl/α,β-unsaturated/α-hetero) is 4. The highest BCUT2D eigenvalue weighted by molar-refractivity contribution is 7.58. The van der Waals surface area contributed by atoms with Gasteiger partial charge < -0.3 is 113 Å². The quantitative estimate of drug-likeness (QED) is 0.0274. The summed E-state index contributed by atoms with van der Waals surface area (Å²) >= 11 is 0. The minimum absolute atomic E-state index is 0.00164. The van der Waals surface area contributed by atoms with E-state index >= 15 is 0 Å². The van der Waals surface area contributed by atoms with E-state index in [2.05, 4.69) is 78.9 Å². The molecular formula is C88H156N3O31P. The van der Waals surface area contributed by atoms with Gasteiger partial charge in [0.1, 0.15) is 43.0 Å². The van der Waals surface area contributed by atoms with Gasteiger partial charge in [-0.15, -0.1) is 5.10 Å². The first kappa shape index (κ1) is 111. The van der Waals surface area contributed by atoms with E-state index in [4.69, 9.17) is 109 Å². The van der Waals surface area contributed by atoms with Crippen molar-refractivity contribution in [2.75, 3.05) is 212 Å². The van der Waals surface area contributed by atoms with Gasteiger partial charge in [0.2, 0.25) is 7.57 Å². The van der Waals surface area contributed by atoms with Crippen LogP contribution < -0.4 is 0 Å². The van der Waals surface area contributed by atoms with Crippen molar-refractivity contribution in [2.24, 2.45) is 58.7 Å². The molecule has 3 fully saturated rings. The van der Waals surface area contributed by atoms with Crippen LogP contribution in [0.1, 0.15) is 192 Å². The van der Waals surface area contributed by atoms with Gasteiger partial charge in [-0.3, -0.25) is 38.2 Å². The maximum atomic E-state index is 14.2. The number of ether oxygens (including phenoxy) is 21. The second kappa shape index (κ2) is 67.0. The van der Waals surface area contributed by atoms with Crippen LogP contribution in [0.4, 0.5) is 0 Å². The number of aromatic nitrogens is 3. The van der Waals surface area contributed by atoms with Crippen molar-refractivity contribution < 1.29 is 147 Å². The molecule has 123 heavy (non-hydrogen) atoms. The van der Waals surface area contributed by atoms with Gasteiger partial charge in [0.15, 0.2) is 18.9 Å². The number of esters is 3.